The van der Waals surface area contributed by atoms with Crippen LogP contribution in [0.1, 0.15) is 5.69 Å². The average Bonchev–Trinajstić information content (AvgIpc) is 2.46. The molecule has 3 nitrogen and oxygen atoms in total. The lowest BCUT2D eigenvalue weighted by Gasteiger charge is -1.90. The number of nitrogens with zero attached hydrogens (tertiary/aromatic N) is 2. The molecule has 0 saturated carbocycles. The van der Waals surface area contributed by atoms with Gasteiger partial charge in [-0.15, -0.1) is 0 Å². The first-order valence-electron chi connectivity index (χ1n) is 3.86. The van der Waals surface area contributed by atoms with E-state index in [2.05, 4.69) is 4.98 Å². The van der Waals surface area contributed by atoms with Crippen LogP contribution in [-0.4, -0.2) is 15.7 Å². The number of pyridine rings is 1. The molecule has 2 heterocycles. The van der Waals surface area contributed by atoms with Gasteiger partial charge in [0, 0.05) is 24.9 Å². The molecular formula is C9H7FN2O. The zero-order chi connectivity index (χ0) is 9.26. The third kappa shape index (κ3) is 1.42. The van der Waals surface area contributed by atoms with E-state index in [0.29, 0.717) is 11.3 Å². The van der Waals surface area contributed by atoms with Crippen molar-refractivity contribution in [1.82, 2.24) is 9.38 Å². The summed E-state index contributed by atoms with van der Waals surface area (Å²) in [6, 6.07) is 2.67. The molecule has 0 aliphatic heterocycles. The van der Waals surface area contributed by atoms with Gasteiger partial charge in [0.05, 0.1) is 5.69 Å². The molecule has 0 unspecified atom stereocenters. The van der Waals surface area contributed by atoms with Crippen molar-refractivity contribution in [3.8, 4) is 0 Å². The van der Waals surface area contributed by atoms with Crippen molar-refractivity contribution in [2.75, 3.05) is 0 Å². The van der Waals surface area contributed by atoms with E-state index in [1.807, 2.05) is 0 Å². The van der Waals surface area contributed by atoms with Crippen LogP contribution in [0.25, 0.3) is 5.65 Å². The zero-order valence-electron chi connectivity index (χ0n) is 6.77. The molecule has 66 valence electrons. The van der Waals surface area contributed by atoms with Crippen LogP contribution in [-0.2, 0) is 11.2 Å². The molecule has 0 bridgehead atoms. The summed E-state index contributed by atoms with van der Waals surface area (Å²) in [6.07, 6.45) is 4.33. The van der Waals surface area contributed by atoms with E-state index >= 15 is 0 Å². The van der Waals surface area contributed by atoms with Gasteiger partial charge >= 0.3 is 0 Å². The number of aldehydes is 1. The van der Waals surface area contributed by atoms with E-state index in [-0.39, 0.29) is 12.2 Å². The van der Waals surface area contributed by atoms with E-state index in [9.17, 15) is 9.18 Å². The number of hydrogen-bond donors (Lipinski definition) is 0. The van der Waals surface area contributed by atoms with Crippen LogP contribution in [0.4, 0.5) is 4.39 Å². The van der Waals surface area contributed by atoms with Crippen molar-refractivity contribution in [3.63, 3.8) is 0 Å². The Hall–Kier alpha value is -1.71. The SMILES string of the molecule is O=CCc1cn2ccc(F)cc2n1. The Morgan fingerprint density at radius 2 is 2.46 bits per heavy atom. The second-order valence-corrected chi connectivity index (χ2v) is 2.71. The van der Waals surface area contributed by atoms with Gasteiger partial charge in [-0.3, -0.25) is 0 Å². The van der Waals surface area contributed by atoms with Crippen molar-refractivity contribution < 1.29 is 9.18 Å². The van der Waals surface area contributed by atoms with Crippen molar-refractivity contribution in [2.45, 2.75) is 6.42 Å². The van der Waals surface area contributed by atoms with Crippen LogP contribution in [0.15, 0.2) is 24.5 Å². The second kappa shape index (κ2) is 2.97. The van der Waals surface area contributed by atoms with E-state index in [1.54, 1.807) is 16.8 Å². The molecule has 4 heteroatoms. The van der Waals surface area contributed by atoms with Gasteiger partial charge in [-0.25, -0.2) is 9.37 Å². The lowest BCUT2D eigenvalue weighted by molar-refractivity contribution is -0.107. The van der Waals surface area contributed by atoms with Gasteiger partial charge in [-0.1, -0.05) is 0 Å². The molecule has 0 fully saturated rings. The monoisotopic (exact) mass is 178 g/mol. The molecule has 0 spiro atoms. The Labute approximate surface area is 73.8 Å². The van der Waals surface area contributed by atoms with Gasteiger partial charge in [0.2, 0.25) is 0 Å². The highest BCUT2D eigenvalue weighted by Gasteiger charge is 2.01. The molecule has 2 aromatic heterocycles. The molecule has 0 aliphatic carbocycles. The molecule has 0 aliphatic rings. The summed E-state index contributed by atoms with van der Waals surface area (Å²) >= 11 is 0. The largest absolute Gasteiger partial charge is 0.307 e. The molecule has 0 atom stereocenters. The number of halogens is 1. The Kier molecular flexibility index (Phi) is 1.81. The smallest absolute Gasteiger partial charge is 0.139 e. The summed E-state index contributed by atoms with van der Waals surface area (Å²) in [7, 11) is 0. The fraction of sp³-hybridized carbons (Fsp3) is 0.111. The van der Waals surface area contributed by atoms with Crippen LogP contribution >= 0.6 is 0 Å². The third-order valence-electron chi connectivity index (χ3n) is 1.76. The molecule has 2 aromatic rings. The maximum atomic E-state index is 12.7. The van der Waals surface area contributed by atoms with E-state index < -0.39 is 0 Å². The van der Waals surface area contributed by atoms with Crippen LogP contribution in [0.3, 0.4) is 0 Å². The van der Waals surface area contributed by atoms with Gasteiger partial charge in [0.1, 0.15) is 17.8 Å². The van der Waals surface area contributed by atoms with Crippen molar-refractivity contribution in [3.05, 3.63) is 36.0 Å². The normalized spacial score (nSPS) is 10.5. The first kappa shape index (κ1) is 7.91. The summed E-state index contributed by atoms with van der Waals surface area (Å²) in [5.74, 6) is -0.323. The topological polar surface area (TPSA) is 34.4 Å². The fourth-order valence-electron chi connectivity index (χ4n) is 1.19. The fourth-order valence-corrected chi connectivity index (χ4v) is 1.19. The highest BCUT2D eigenvalue weighted by Crippen LogP contribution is 2.06. The Bertz CT molecular complexity index is 450. The number of carbonyl (C=O) groups excluding carboxylic acids is 1. The Morgan fingerprint density at radius 3 is 3.23 bits per heavy atom. The summed E-state index contributed by atoms with van der Waals surface area (Å²) in [6.45, 7) is 0. The van der Waals surface area contributed by atoms with Crippen molar-refractivity contribution in [1.29, 1.82) is 0 Å². The molecular weight excluding hydrogens is 171 g/mol. The minimum absolute atomic E-state index is 0.267. The number of fused-ring (bicyclic) bond motifs is 1. The van der Waals surface area contributed by atoms with Gasteiger partial charge in [-0.2, -0.15) is 0 Å². The Morgan fingerprint density at radius 1 is 1.62 bits per heavy atom. The average molecular weight is 178 g/mol. The lowest BCUT2D eigenvalue weighted by atomic mass is 10.4. The van der Waals surface area contributed by atoms with E-state index in [1.165, 1.54) is 12.1 Å². The first-order chi connectivity index (χ1) is 6.29. The zero-order valence-corrected chi connectivity index (χ0v) is 6.77. The van der Waals surface area contributed by atoms with Crippen molar-refractivity contribution in [2.24, 2.45) is 0 Å². The molecule has 0 aromatic carbocycles. The Balaban J connectivity index is 2.55. The van der Waals surface area contributed by atoms with E-state index in [4.69, 9.17) is 0 Å². The van der Waals surface area contributed by atoms with Gasteiger partial charge in [0.15, 0.2) is 0 Å². The first-order valence-corrected chi connectivity index (χ1v) is 3.86. The molecule has 0 saturated heterocycles. The predicted octanol–water partition coefficient (Wildman–Crippen LogP) is 1.21. The summed E-state index contributed by atoms with van der Waals surface area (Å²) in [5.41, 5.74) is 1.18. The molecule has 13 heavy (non-hydrogen) atoms. The quantitative estimate of drug-likeness (QED) is 0.648. The maximum Gasteiger partial charge on any atom is 0.139 e. The van der Waals surface area contributed by atoms with Crippen LogP contribution in [0.5, 0.6) is 0 Å². The second-order valence-electron chi connectivity index (χ2n) is 2.71. The van der Waals surface area contributed by atoms with Gasteiger partial charge in [-0.05, 0) is 6.07 Å². The van der Waals surface area contributed by atoms with Crippen LogP contribution in [0.2, 0.25) is 0 Å². The molecule has 0 amide bonds. The minimum atomic E-state index is -0.323. The predicted molar refractivity (Wildman–Crippen MR) is 44.9 cm³/mol. The van der Waals surface area contributed by atoms with Crippen LogP contribution in [0, 0.1) is 5.82 Å². The number of rotatable bonds is 2. The number of aromatic nitrogens is 2. The summed E-state index contributed by atoms with van der Waals surface area (Å²) in [5, 5.41) is 0. The molecule has 2 rings (SSSR count). The highest BCUT2D eigenvalue weighted by molar-refractivity contribution is 5.55. The molecule has 0 N–H and O–H groups in total. The maximum absolute atomic E-state index is 12.7. The van der Waals surface area contributed by atoms with Crippen molar-refractivity contribution >= 4 is 11.9 Å². The standard InChI is InChI=1S/C9H7FN2O/c10-7-1-3-12-6-8(2-4-13)11-9(12)5-7/h1,3-6H,2H2. The van der Waals surface area contributed by atoms with Gasteiger partial charge in [0.25, 0.3) is 0 Å². The van der Waals surface area contributed by atoms with E-state index in [0.717, 1.165) is 6.29 Å². The third-order valence-corrected chi connectivity index (χ3v) is 1.76. The summed E-state index contributed by atoms with van der Waals surface area (Å²) in [4.78, 5) is 14.2. The lowest BCUT2D eigenvalue weighted by Crippen LogP contribution is -1.83. The molecule has 0 radical (unpaired) electrons. The van der Waals surface area contributed by atoms with Gasteiger partial charge < -0.3 is 9.20 Å². The minimum Gasteiger partial charge on any atom is -0.307 e. The highest BCUT2D eigenvalue weighted by atomic mass is 19.1. The number of hydrogen-bond acceptors (Lipinski definition) is 2. The van der Waals surface area contributed by atoms with Crippen LogP contribution < -0.4 is 0 Å². The summed E-state index contributed by atoms with van der Waals surface area (Å²) < 4.78 is 14.4. The number of carbonyl (C=O) groups is 1. The number of imidazole rings is 1.